The summed E-state index contributed by atoms with van der Waals surface area (Å²) in [5.41, 5.74) is -1.11. The Morgan fingerprint density at radius 1 is 0.233 bits per heavy atom. The van der Waals surface area contributed by atoms with Gasteiger partial charge in [0, 0.05) is 22.8 Å². The van der Waals surface area contributed by atoms with Gasteiger partial charge in [-0.3, -0.25) is 0 Å². The number of carboxylic acid groups (broad SMARTS) is 2. The molecule has 0 amide bonds. The number of unbranched alkanes of at least 4 members (excludes halogenated alkanes) is 40. The molecule has 0 radical (unpaired) electrons. The quantitative estimate of drug-likeness (QED) is 0.0449. The summed E-state index contributed by atoms with van der Waals surface area (Å²) < 4.78 is 3.31. The third-order valence-electron chi connectivity index (χ3n) is 16.3. The molecular weight excluding hydrogens is 999 g/mol. The average Bonchev–Trinajstić information content (AvgIpc) is 3.38. The molecule has 0 saturated heterocycles. The van der Waals surface area contributed by atoms with Crippen LogP contribution in [-0.4, -0.2) is 33.1 Å². The Morgan fingerprint density at radius 3 is 0.521 bits per heavy atom. The van der Waals surface area contributed by atoms with Gasteiger partial charge in [0.1, 0.15) is 0 Å². The van der Waals surface area contributed by atoms with E-state index in [4.69, 9.17) is 0 Å². The van der Waals surface area contributed by atoms with E-state index in [0.29, 0.717) is 0 Å². The number of rotatable bonds is 58. The molecule has 0 heterocycles. The van der Waals surface area contributed by atoms with Gasteiger partial charge in [0.25, 0.3) is 0 Å². The Morgan fingerprint density at radius 2 is 0.370 bits per heavy atom. The van der Waals surface area contributed by atoms with Crippen molar-refractivity contribution in [1.29, 1.82) is 0 Å². The van der Waals surface area contributed by atoms with E-state index in [1.54, 1.807) is 21.7 Å². The number of carboxylic acids is 2. The second kappa shape index (κ2) is 64.3. The molecule has 0 fully saturated rings. The van der Waals surface area contributed by atoms with Crippen molar-refractivity contribution in [3.8, 4) is 0 Å². The van der Waals surface area contributed by atoms with E-state index in [1.165, 1.54) is 257 Å². The molecule has 436 valence electrons. The summed E-state index contributed by atoms with van der Waals surface area (Å²) in [5, 5.41) is 24.4. The van der Waals surface area contributed by atoms with E-state index in [9.17, 15) is 19.8 Å². The van der Waals surface area contributed by atoms with E-state index in [-0.39, 0.29) is 21.1 Å². The zero-order chi connectivity index (χ0) is 54.5. The molecule has 0 aliphatic heterocycles. The van der Waals surface area contributed by atoms with Crippen molar-refractivity contribution in [2.24, 2.45) is 10.8 Å². The van der Waals surface area contributed by atoms with Gasteiger partial charge in [0.15, 0.2) is 0 Å². The van der Waals surface area contributed by atoms with Crippen molar-refractivity contribution < 1.29 is 19.8 Å². The Bertz CT molecular complexity index is 883. The second-order valence-electron chi connectivity index (χ2n) is 23.5. The van der Waals surface area contributed by atoms with Crippen molar-refractivity contribution in [2.45, 2.75) is 411 Å². The summed E-state index contributed by atoms with van der Waals surface area (Å²) in [7, 11) is 0. The third kappa shape index (κ3) is 54.9. The first-order valence-electron chi connectivity index (χ1n) is 33.8. The monoisotopic (exact) mass is 1140 g/mol. The fourth-order valence-electron chi connectivity index (χ4n) is 11.0. The number of carbonyl (C=O) groups excluding carboxylic acids is 2. The zero-order valence-corrected chi connectivity index (χ0v) is 54.6. The SMILES string of the molecule is CCCCCCCCC(CCCCCCCC)(CCCCCCCC)C(=O)[O-].CCCCCCCCC(CCCCCCCC)(CCCCCCCC)C(=O)[O-].CCCCCCC[CH2][Sn+2][CH2]CCCCCCC. The maximum absolute atomic E-state index is 12.2. The molecule has 0 bridgehead atoms. The first kappa shape index (κ1) is 77.0. The van der Waals surface area contributed by atoms with E-state index in [0.717, 1.165) is 77.0 Å². The van der Waals surface area contributed by atoms with Crippen molar-refractivity contribution in [3.05, 3.63) is 0 Å². The number of hydrogen-bond acceptors (Lipinski definition) is 4. The van der Waals surface area contributed by atoms with Crippen LogP contribution in [0.3, 0.4) is 0 Å². The predicted molar refractivity (Wildman–Crippen MR) is 325 cm³/mol. The van der Waals surface area contributed by atoms with Crippen LogP contribution in [0.2, 0.25) is 8.87 Å². The van der Waals surface area contributed by atoms with Crippen LogP contribution in [0, 0.1) is 10.8 Å². The molecule has 0 rings (SSSR count). The molecule has 0 N–H and O–H groups in total. The van der Waals surface area contributed by atoms with E-state index < -0.39 is 22.8 Å². The second-order valence-corrected chi connectivity index (χ2v) is 27.8. The Kier molecular flexibility index (Phi) is 67.8. The zero-order valence-electron chi connectivity index (χ0n) is 51.7. The van der Waals surface area contributed by atoms with Crippen LogP contribution in [-0.2, 0) is 9.59 Å². The van der Waals surface area contributed by atoms with E-state index >= 15 is 0 Å². The van der Waals surface area contributed by atoms with Crippen LogP contribution >= 0.6 is 0 Å². The van der Waals surface area contributed by atoms with Gasteiger partial charge in [-0.1, -0.05) is 273 Å². The Balaban J connectivity index is -0.00000104. The molecule has 0 aromatic heterocycles. The van der Waals surface area contributed by atoms with Crippen molar-refractivity contribution >= 4 is 33.1 Å². The van der Waals surface area contributed by atoms with Gasteiger partial charge in [-0.2, -0.15) is 0 Å². The predicted octanol–water partition coefficient (Wildman–Crippen LogP) is 22.2. The van der Waals surface area contributed by atoms with E-state index in [2.05, 4.69) is 55.4 Å². The maximum atomic E-state index is 12.2. The standard InChI is InChI=1S/2C26H52O2.2C8H17.Sn/c2*1-4-7-10-13-16-19-22-26(25(27)28,23-20-17-14-11-8-5-2)24-21-18-15-12-9-6-3;2*1-3-5-7-8-6-4-2;/h2*4-24H2,1-3H3,(H,27,28);2*1,3-8H2,2H3;/q;;;;+2/p-2. The summed E-state index contributed by atoms with van der Waals surface area (Å²) >= 11 is 0.0736. The number of hydrogen-bond donors (Lipinski definition) is 0. The van der Waals surface area contributed by atoms with Crippen LogP contribution in [0.25, 0.3) is 0 Å². The number of carbonyl (C=O) groups is 2. The fourth-order valence-corrected chi connectivity index (χ4v) is 14.6. The first-order chi connectivity index (χ1) is 35.7. The average molecular weight is 1140 g/mol. The molecule has 5 heteroatoms. The molecule has 0 atom stereocenters. The molecule has 4 nitrogen and oxygen atoms in total. The van der Waals surface area contributed by atoms with Crippen LogP contribution in [0.4, 0.5) is 0 Å². The molecule has 0 aliphatic rings. The molecule has 0 unspecified atom stereocenters. The normalized spacial score (nSPS) is 11.5. The Labute approximate surface area is 471 Å². The van der Waals surface area contributed by atoms with Gasteiger partial charge in [-0.05, 0) is 38.5 Å². The van der Waals surface area contributed by atoms with Crippen molar-refractivity contribution in [2.75, 3.05) is 0 Å². The third-order valence-corrected chi connectivity index (χ3v) is 20.4. The summed E-state index contributed by atoms with van der Waals surface area (Å²) in [6.45, 7) is 18.0. The molecular formula is C68H136O4Sn. The van der Waals surface area contributed by atoms with Crippen LogP contribution in [0.15, 0.2) is 0 Å². The summed E-state index contributed by atoms with van der Waals surface area (Å²) in [6, 6.07) is 0. The Hall–Kier alpha value is -0.261. The van der Waals surface area contributed by atoms with Gasteiger partial charge in [0.2, 0.25) is 0 Å². The first-order valence-corrected chi connectivity index (χ1v) is 37.8. The van der Waals surface area contributed by atoms with Crippen LogP contribution in [0.1, 0.15) is 402 Å². The molecule has 0 aromatic carbocycles. The van der Waals surface area contributed by atoms with Gasteiger partial charge >= 0.3 is 121 Å². The summed E-state index contributed by atoms with van der Waals surface area (Å²) in [4.78, 5) is 24.4. The van der Waals surface area contributed by atoms with Gasteiger partial charge in [0.05, 0.1) is 0 Å². The van der Waals surface area contributed by atoms with Crippen molar-refractivity contribution in [1.82, 2.24) is 0 Å². The van der Waals surface area contributed by atoms with Crippen LogP contribution in [0.5, 0.6) is 0 Å². The molecule has 73 heavy (non-hydrogen) atoms. The molecule has 0 aromatic rings. The number of aliphatic carboxylic acids is 2. The topological polar surface area (TPSA) is 80.3 Å². The van der Waals surface area contributed by atoms with Crippen LogP contribution < -0.4 is 10.2 Å². The summed E-state index contributed by atoms with van der Waals surface area (Å²) in [5.74, 6) is -1.52. The van der Waals surface area contributed by atoms with Gasteiger partial charge in [-0.15, -0.1) is 0 Å². The minimum atomic E-state index is -0.761. The van der Waals surface area contributed by atoms with Gasteiger partial charge in [-0.25, -0.2) is 0 Å². The fraction of sp³-hybridized carbons (Fsp3) is 0.971. The minimum absolute atomic E-state index is 0.0736. The van der Waals surface area contributed by atoms with Crippen molar-refractivity contribution in [3.63, 3.8) is 0 Å². The van der Waals surface area contributed by atoms with Gasteiger partial charge < -0.3 is 19.8 Å². The molecule has 0 aliphatic carbocycles. The van der Waals surface area contributed by atoms with E-state index in [1.807, 2.05) is 0 Å². The molecule has 0 spiro atoms. The molecule has 0 saturated carbocycles. The summed E-state index contributed by atoms with van der Waals surface area (Å²) in [6.07, 6.45) is 67.0.